The summed E-state index contributed by atoms with van der Waals surface area (Å²) in [6.45, 7) is 6.51. The van der Waals surface area contributed by atoms with E-state index in [1.165, 1.54) is 9.48 Å². The highest BCUT2D eigenvalue weighted by atomic mass is 16.5. The molecule has 10 aromatic carbocycles. The third-order valence-corrected chi connectivity index (χ3v) is 18.5. The maximum absolute atomic E-state index is 13.4. The van der Waals surface area contributed by atoms with E-state index in [1.807, 2.05) is 226 Å². The summed E-state index contributed by atoms with van der Waals surface area (Å²) in [4.78, 5) is 77.5. The molecule has 24 heteroatoms. The maximum Gasteiger partial charge on any atom is 0.395 e. The number of nitrogens with one attached hydrogen (secondary N) is 5. The summed E-state index contributed by atoms with van der Waals surface area (Å²) in [7, 11) is 0. The van der Waals surface area contributed by atoms with Gasteiger partial charge in [0.25, 0.3) is 17.6 Å². The van der Waals surface area contributed by atoms with Crippen molar-refractivity contribution in [2.24, 2.45) is 17.8 Å². The van der Waals surface area contributed by atoms with Gasteiger partial charge in [-0.2, -0.15) is 5.21 Å². The number of aliphatic carboxylic acids is 1. The molecule has 568 valence electrons. The van der Waals surface area contributed by atoms with Gasteiger partial charge in [-0.3, -0.25) is 28.8 Å². The van der Waals surface area contributed by atoms with Crippen LogP contribution in [0.1, 0.15) is 111 Å². The zero-order valence-electron chi connectivity index (χ0n) is 62.4. The minimum absolute atomic E-state index is 0.0367. The molecule has 3 amide bonds. The standard InChI is InChI=1S/2C34H33N5O3.C20H21N5O3/c1-25(34(41)42-24-28-13-7-3-8-14-28)21-31(22-26-17-19-30(20-18-26)29-15-9-4-10-16-29)35-33(40)32-36-37-38-39(32)23-27-11-5-2-6-12-27;1-25(34(41)42-24-28-13-7-3-8-14-28)21-31(22-26-17-19-30(20-18-26)29-15-9-4-10-16-29)35-33(40)32-36-38-39(37-32)23-27-11-5-2-6-12-27;1-13(20(27)28)11-17(21-19(26)18-22-24-25-23-18)12-14-7-9-16(10-8-14)15-5-3-2-4-6-15/h2*2-20,25,31H,21-24H2,1H3,(H,35,40);2-10,13,17H,11-12H2,1H3,(H,21,26)(H,27,28)(H,22,23,24,25)/p+1/t2*25-,31+;13-,17+/m111/s1. The van der Waals surface area contributed by atoms with Crippen molar-refractivity contribution < 1.29 is 48.1 Å². The molecule has 24 nitrogen and oxygen atoms in total. The van der Waals surface area contributed by atoms with Gasteiger partial charge in [0.1, 0.15) is 13.2 Å². The number of tetrazole rings is 3. The predicted molar refractivity (Wildman–Crippen MR) is 422 cm³/mol. The van der Waals surface area contributed by atoms with Gasteiger partial charge in [0.2, 0.25) is 5.82 Å². The molecule has 0 saturated carbocycles. The van der Waals surface area contributed by atoms with Gasteiger partial charge in [-0.1, -0.05) is 311 Å². The number of H-pyrrole nitrogens is 2. The van der Waals surface area contributed by atoms with E-state index in [9.17, 15) is 33.9 Å². The van der Waals surface area contributed by atoms with Crippen molar-refractivity contribution in [2.75, 3.05) is 0 Å². The molecule has 112 heavy (non-hydrogen) atoms. The summed E-state index contributed by atoms with van der Waals surface area (Å²) in [5.74, 6) is -4.22. The molecular formula is C88H88N15O9+. The highest BCUT2D eigenvalue weighted by molar-refractivity contribution is 5.91. The first-order chi connectivity index (χ1) is 54.6. The van der Waals surface area contributed by atoms with Crippen molar-refractivity contribution in [3.8, 4) is 33.4 Å². The second-order valence-electron chi connectivity index (χ2n) is 27.3. The molecule has 6 N–H and O–H groups in total. The predicted octanol–water partition coefficient (Wildman–Crippen LogP) is 12.7. The average Bonchev–Trinajstić information content (AvgIpc) is 1.63. The van der Waals surface area contributed by atoms with Gasteiger partial charge in [0.15, 0.2) is 6.54 Å². The lowest BCUT2D eigenvalue weighted by Crippen LogP contribution is -2.42. The van der Waals surface area contributed by atoms with Crippen LogP contribution in [0.4, 0.5) is 0 Å². The second-order valence-corrected chi connectivity index (χ2v) is 27.3. The van der Waals surface area contributed by atoms with Crippen LogP contribution in [0.5, 0.6) is 0 Å². The summed E-state index contributed by atoms with van der Waals surface area (Å²) in [5, 5.41) is 54.1. The van der Waals surface area contributed by atoms with Gasteiger partial charge in [-0.25, -0.2) is 4.68 Å². The molecule has 0 aliphatic heterocycles. The summed E-state index contributed by atoms with van der Waals surface area (Å²) in [6.07, 6.45) is 2.63. The molecule has 0 aliphatic rings. The fourth-order valence-electron chi connectivity index (χ4n) is 12.6. The van der Waals surface area contributed by atoms with Gasteiger partial charge in [-0.15, -0.1) is 15.3 Å². The fourth-order valence-corrected chi connectivity index (χ4v) is 12.6. The van der Waals surface area contributed by atoms with Gasteiger partial charge < -0.3 is 30.5 Å². The Morgan fingerprint density at radius 3 is 1.15 bits per heavy atom. The van der Waals surface area contributed by atoms with Gasteiger partial charge in [-0.05, 0) is 137 Å². The van der Waals surface area contributed by atoms with E-state index in [4.69, 9.17) is 9.47 Å². The lowest BCUT2D eigenvalue weighted by Gasteiger charge is -2.22. The number of rotatable bonds is 32. The zero-order chi connectivity index (χ0) is 78.2. The van der Waals surface area contributed by atoms with Crippen molar-refractivity contribution in [1.29, 1.82) is 0 Å². The van der Waals surface area contributed by atoms with E-state index in [2.05, 4.69) is 140 Å². The molecule has 13 rings (SSSR count). The Labute approximate surface area is 649 Å². The number of hydrogen-bond donors (Lipinski definition) is 6. The number of benzene rings is 10. The van der Waals surface area contributed by atoms with Crippen LogP contribution in [-0.4, -0.2) is 115 Å². The van der Waals surface area contributed by atoms with Crippen LogP contribution >= 0.6 is 0 Å². The number of carboxylic acids is 1. The lowest BCUT2D eigenvalue weighted by molar-refractivity contribution is -0.798. The van der Waals surface area contributed by atoms with Crippen molar-refractivity contribution in [2.45, 2.75) is 104 Å². The number of esters is 2. The lowest BCUT2D eigenvalue weighted by atomic mass is 9.95. The Morgan fingerprint density at radius 1 is 0.402 bits per heavy atom. The van der Waals surface area contributed by atoms with E-state index in [0.29, 0.717) is 51.6 Å². The molecule has 0 aliphatic carbocycles. The number of aromatic nitrogens is 12. The third kappa shape index (κ3) is 24.6. The number of aromatic amines is 2. The number of carboxylic acid groups (broad SMARTS) is 1. The molecular weight excluding hydrogens is 1410 g/mol. The summed E-state index contributed by atoms with van der Waals surface area (Å²) < 4.78 is 12.6. The number of amides is 3. The normalized spacial score (nSPS) is 12.5. The Bertz CT molecular complexity index is 5050. The molecule has 3 heterocycles. The minimum Gasteiger partial charge on any atom is -0.481 e. The van der Waals surface area contributed by atoms with Gasteiger partial charge >= 0.3 is 29.6 Å². The molecule has 0 fully saturated rings. The van der Waals surface area contributed by atoms with Gasteiger partial charge in [0.05, 0.1) is 29.4 Å². The Morgan fingerprint density at radius 2 is 0.759 bits per heavy atom. The molecule has 6 atom stereocenters. The SMILES string of the molecule is C[C@H](C[C@@H](Cc1ccc(-c2ccccc2)cc1)NC(=O)c1n[nH][n+](Cc2ccccc2)n1)C(=O)OCc1ccccc1.C[C@H](C[C@@H](Cc1ccc(-c2ccccc2)cc1)NC(=O)c1nn[nH]n1)C(=O)O.C[C@H](C[C@@H](Cc1ccc(-c2ccccc2)cc1)NC(=O)c1nnnn1Cc1ccccc1)C(=O)OCc1ccccc1. The van der Waals surface area contributed by atoms with Gasteiger partial charge in [0, 0.05) is 18.1 Å². The van der Waals surface area contributed by atoms with Crippen molar-refractivity contribution >= 4 is 35.6 Å². The maximum atomic E-state index is 13.4. The molecule has 3 aromatic heterocycles. The number of ether oxygens (including phenoxy) is 2. The minimum atomic E-state index is -0.904. The monoisotopic (exact) mass is 1500 g/mol. The number of nitrogens with zero attached hydrogens (tertiary/aromatic N) is 10. The molecule has 0 radical (unpaired) electrons. The van der Waals surface area contributed by atoms with Crippen LogP contribution in [-0.2, 0) is 69.4 Å². The van der Waals surface area contributed by atoms with Crippen molar-refractivity contribution in [3.05, 3.63) is 342 Å². The molecule has 0 spiro atoms. The first-order valence-electron chi connectivity index (χ1n) is 37.0. The number of carbonyl (C=O) groups is 6. The van der Waals surface area contributed by atoms with E-state index in [1.54, 1.807) is 6.92 Å². The summed E-state index contributed by atoms with van der Waals surface area (Å²) in [6, 6.07) is 92.4. The van der Waals surface area contributed by atoms with Crippen LogP contribution in [0.25, 0.3) is 33.4 Å². The second kappa shape index (κ2) is 41.0. The summed E-state index contributed by atoms with van der Waals surface area (Å²) in [5.41, 5.74) is 13.6. The Balaban J connectivity index is 0.000000170. The van der Waals surface area contributed by atoms with Crippen LogP contribution in [0.15, 0.2) is 285 Å². The fraction of sp³-hybridized carbons (Fsp3) is 0.216. The Hall–Kier alpha value is -13.8. The molecule has 13 aromatic rings. The van der Waals surface area contributed by atoms with Crippen LogP contribution in [0, 0.1) is 17.8 Å². The van der Waals surface area contributed by atoms with E-state index in [0.717, 1.165) is 72.3 Å². The van der Waals surface area contributed by atoms with Crippen molar-refractivity contribution in [3.63, 3.8) is 0 Å². The smallest absolute Gasteiger partial charge is 0.395 e. The first kappa shape index (κ1) is 79.3. The summed E-state index contributed by atoms with van der Waals surface area (Å²) >= 11 is 0. The molecule has 0 unspecified atom stereocenters. The number of carbonyl (C=O) groups excluding carboxylic acids is 5. The highest BCUT2D eigenvalue weighted by Crippen LogP contribution is 2.26. The Kier molecular flexibility index (Phi) is 29.0. The third-order valence-electron chi connectivity index (χ3n) is 18.5. The molecule has 0 bridgehead atoms. The number of hydrogen-bond acceptors (Lipinski definition) is 16. The highest BCUT2D eigenvalue weighted by Gasteiger charge is 2.29. The van der Waals surface area contributed by atoms with Crippen LogP contribution in [0.3, 0.4) is 0 Å². The average molecular weight is 1500 g/mol. The molecule has 0 saturated heterocycles. The first-order valence-corrected chi connectivity index (χ1v) is 37.0. The van der Waals surface area contributed by atoms with E-state index < -0.39 is 41.4 Å². The topological polar surface area (TPSA) is 321 Å². The van der Waals surface area contributed by atoms with Crippen LogP contribution in [0.2, 0.25) is 0 Å². The zero-order valence-corrected chi connectivity index (χ0v) is 62.4. The van der Waals surface area contributed by atoms with E-state index in [-0.39, 0.29) is 60.8 Å². The van der Waals surface area contributed by atoms with Crippen LogP contribution < -0.4 is 20.7 Å². The van der Waals surface area contributed by atoms with Crippen molar-refractivity contribution in [1.82, 2.24) is 72.2 Å². The largest absolute Gasteiger partial charge is 0.481 e. The van der Waals surface area contributed by atoms with E-state index >= 15 is 0 Å². The quantitative estimate of drug-likeness (QED) is 0.0169.